The molecule has 0 aliphatic rings. The zero-order chi connectivity index (χ0) is 7.49. The van der Waals surface area contributed by atoms with Crippen LogP contribution in [0.3, 0.4) is 0 Å². The summed E-state index contributed by atoms with van der Waals surface area (Å²) < 4.78 is 22.5. The van der Waals surface area contributed by atoms with Crippen LogP contribution in [0.15, 0.2) is 0 Å². The monoisotopic (exact) mass is 153 g/mol. The molecule has 0 aromatic rings. The third-order valence-electron chi connectivity index (χ3n) is 1.04. The van der Waals surface area contributed by atoms with Crippen molar-refractivity contribution in [1.82, 2.24) is 4.31 Å². The van der Waals surface area contributed by atoms with Crippen LogP contribution in [0, 0.1) is 0 Å². The van der Waals surface area contributed by atoms with Gasteiger partial charge in [-0.25, -0.2) is 8.42 Å². The van der Waals surface area contributed by atoms with Gasteiger partial charge in [0.2, 0.25) is 10.0 Å². The molecule has 0 rings (SSSR count). The Labute approximate surface area is 55.7 Å². The molecule has 0 unspecified atom stereocenters. The number of hydrogen-bond acceptors (Lipinski definition) is 2. The molecule has 0 bridgehead atoms. The van der Waals surface area contributed by atoms with E-state index in [1.54, 1.807) is 7.05 Å². The Morgan fingerprint density at radius 2 is 2.00 bits per heavy atom. The Bertz CT molecular complexity index is 163. The highest BCUT2D eigenvalue weighted by atomic mass is 32.2. The number of nitrogens with zero attached hydrogens (tertiary/aromatic N) is 1. The molecule has 0 fully saturated rings. The summed E-state index contributed by atoms with van der Waals surface area (Å²) in [6.07, 6.45) is 1.18. The molecular weight excluding hydrogens is 140 g/mol. The molecular formula is C4H13N2O2S+. The van der Waals surface area contributed by atoms with Crippen molar-refractivity contribution in [3.8, 4) is 0 Å². The van der Waals surface area contributed by atoms with Gasteiger partial charge >= 0.3 is 0 Å². The Balaban J connectivity index is 3.90. The topological polar surface area (TPSA) is 65.0 Å². The van der Waals surface area contributed by atoms with Crippen LogP contribution in [0.5, 0.6) is 0 Å². The van der Waals surface area contributed by atoms with E-state index in [-0.39, 0.29) is 0 Å². The molecule has 0 aliphatic carbocycles. The zero-order valence-electron chi connectivity index (χ0n) is 5.79. The summed E-state index contributed by atoms with van der Waals surface area (Å²) in [5.74, 6) is 0. The lowest BCUT2D eigenvalue weighted by Crippen LogP contribution is -2.55. The van der Waals surface area contributed by atoms with Crippen molar-refractivity contribution in [2.75, 3.05) is 26.4 Å². The highest BCUT2D eigenvalue weighted by Crippen LogP contribution is 1.88. The third-order valence-corrected chi connectivity index (χ3v) is 2.35. The van der Waals surface area contributed by atoms with E-state index in [1.165, 1.54) is 10.6 Å². The second kappa shape index (κ2) is 3.14. The van der Waals surface area contributed by atoms with Gasteiger partial charge in [0.25, 0.3) is 0 Å². The molecule has 0 amide bonds. The van der Waals surface area contributed by atoms with Gasteiger partial charge in [0.15, 0.2) is 0 Å². The van der Waals surface area contributed by atoms with Gasteiger partial charge in [0.1, 0.15) is 0 Å². The van der Waals surface area contributed by atoms with Crippen LogP contribution in [0.4, 0.5) is 0 Å². The first kappa shape index (κ1) is 8.87. The first-order valence-corrected chi connectivity index (χ1v) is 4.54. The minimum Gasteiger partial charge on any atom is -0.356 e. The fourth-order valence-corrected chi connectivity index (χ4v) is 0.849. The molecule has 0 heterocycles. The summed E-state index contributed by atoms with van der Waals surface area (Å²) in [7, 11) is -1.43. The number of quaternary nitrogens is 1. The average molecular weight is 153 g/mol. The molecule has 4 nitrogen and oxygen atoms in total. The van der Waals surface area contributed by atoms with Crippen LogP contribution in [0.2, 0.25) is 0 Å². The van der Waals surface area contributed by atoms with Crippen LogP contribution in [-0.4, -0.2) is 39.1 Å². The molecule has 0 aliphatic heterocycles. The Morgan fingerprint density at radius 1 is 1.56 bits per heavy atom. The van der Waals surface area contributed by atoms with Crippen LogP contribution < -0.4 is 5.73 Å². The molecule has 0 saturated heterocycles. The summed E-state index contributed by atoms with van der Waals surface area (Å²) in [6.45, 7) is 1.11. The van der Waals surface area contributed by atoms with Crippen molar-refractivity contribution < 1.29 is 14.2 Å². The van der Waals surface area contributed by atoms with Gasteiger partial charge in [0.05, 0.1) is 19.3 Å². The summed E-state index contributed by atoms with van der Waals surface area (Å²) in [5, 5.41) is 0. The normalized spacial score (nSPS) is 12.4. The second-order valence-corrected chi connectivity index (χ2v) is 4.03. The molecule has 56 valence electrons. The molecule has 9 heavy (non-hydrogen) atoms. The van der Waals surface area contributed by atoms with Crippen molar-refractivity contribution in [1.29, 1.82) is 0 Å². The van der Waals surface area contributed by atoms with Gasteiger partial charge < -0.3 is 5.73 Å². The number of hydrogen-bond donors (Lipinski definition) is 1. The molecule has 0 aromatic heterocycles. The van der Waals surface area contributed by atoms with E-state index in [2.05, 4.69) is 5.73 Å². The second-order valence-electron chi connectivity index (χ2n) is 1.94. The van der Waals surface area contributed by atoms with E-state index in [0.717, 1.165) is 0 Å². The largest absolute Gasteiger partial charge is 0.356 e. The first-order chi connectivity index (χ1) is 3.98. The standard InChI is InChI=1S/C4H12N2O2S/c1-6(4-3-5)9(2,7)8/h3-5H2,1-2H3/p+1. The van der Waals surface area contributed by atoms with E-state index < -0.39 is 10.0 Å². The first-order valence-electron chi connectivity index (χ1n) is 2.69. The van der Waals surface area contributed by atoms with E-state index in [4.69, 9.17) is 0 Å². The van der Waals surface area contributed by atoms with Crippen molar-refractivity contribution in [3.63, 3.8) is 0 Å². The van der Waals surface area contributed by atoms with Gasteiger partial charge in [0, 0.05) is 7.05 Å². The Morgan fingerprint density at radius 3 is 2.11 bits per heavy atom. The average Bonchev–Trinajstić information content (AvgIpc) is 1.64. The zero-order valence-corrected chi connectivity index (χ0v) is 6.61. The van der Waals surface area contributed by atoms with Crippen molar-refractivity contribution in [2.24, 2.45) is 0 Å². The van der Waals surface area contributed by atoms with Crippen LogP contribution in [0.1, 0.15) is 0 Å². The predicted molar refractivity (Wildman–Crippen MR) is 35.2 cm³/mol. The maximum Gasteiger partial charge on any atom is 0.211 e. The highest BCUT2D eigenvalue weighted by molar-refractivity contribution is 7.88. The molecule has 0 spiro atoms. The Hall–Kier alpha value is -0.130. The highest BCUT2D eigenvalue weighted by Gasteiger charge is 2.08. The summed E-state index contributed by atoms with van der Waals surface area (Å²) in [4.78, 5) is 0. The van der Waals surface area contributed by atoms with Crippen molar-refractivity contribution in [3.05, 3.63) is 0 Å². The van der Waals surface area contributed by atoms with Gasteiger partial charge in [-0.1, -0.05) is 0 Å². The van der Waals surface area contributed by atoms with Crippen molar-refractivity contribution in [2.45, 2.75) is 0 Å². The lowest BCUT2D eigenvalue weighted by atomic mass is 10.7. The van der Waals surface area contributed by atoms with Crippen LogP contribution >= 0.6 is 0 Å². The lowest BCUT2D eigenvalue weighted by molar-refractivity contribution is -0.367. The van der Waals surface area contributed by atoms with Gasteiger partial charge in [-0.05, 0) is 0 Å². The molecule has 0 saturated carbocycles. The van der Waals surface area contributed by atoms with Gasteiger partial charge in [-0.2, -0.15) is 4.31 Å². The van der Waals surface area contributed by atoms with Crippen LogP contribution in [-0.2, 0) is 10.0 Å². The van der Waals surface area contributed by atoms with E-state index >= 15 is 0 Å². The van der Waals surface area contributed by atoms with Gasteiger partial charge in [-0.15, -0.1) is 0 Å². The Kier molecular flexibility index (Phi) is 3.10. The van der Waals surface area contributed by atoms with E-state index in [9.17, 15) is 8.42 Å². The molecule has 0 aromatic carbocycles. The SMILES string of the molecule is CN(CC[NH3+])S(C)(=O)=O. The summed E-state index contributed by atoms with van der Waals surface area (Å²) in [5.41, 5.74) is 3.53. The smallest absolute Gasteiger partial charge is 0.211 e. The van der Waals surface area contributed by atoms with Crippen LogP contribution in [0.25, 0.3) is 0 Å². The maximum absolute atomic E-state index is 10.6. The third kappa shape index (κ3) is 3.45. The fourth-order valence-electron chi connectivity index (χ4n) is 0.388. The predicted octanol–water partition coefficient (Wildman–Crippen LogP) is -1.88. The molecule has 0 atom stereocenters. The quantitative estimate of drug-likeness (QED) is 0.515. The van der Waals surface area contributed by atoms with E-state index in [1.807, 2.05) is 0 Å². The molecule has 3 N–H and O–H groups in total. The molecule has 5 heteroatoms. The number of sulfonamides is 1. The number of likely N-dealkylation sites (N-methyl/N-ethyl adjacent to an activating group) is 1. The minimum atomic E-state index is -2.97. The minimum absolute atomic E-state index is 0.499. The fraction of sp³-hybridized carbons (Fsp3) is 1.00. The van der Waals surface area contributed by atoms with E-state index in [0.29, 0.717) is 13.1 Å². The molecule has 0 radical (unpaired) electrons. The lowest BCUT2D eigenvalue weighted by Gasteiger charge is -2.09. The van der Waals surface area contributed by atoms with Crippen molar-refractivity contribution >= 4 is 10.0 Å². The summed E-state index contributed by atoms with van der Waals surface area (Å²) >= 11 is 0. The number of rotatable bonds is 3. The maximum atomic E-state index is 10.6. The van der Waals surface area contributed by atoms with Gasteiger partial charge in [-0.3, -0.25) is 0 Å². The summed E-state index contributed by atoms with van der Waals surface area (Å²) in [6, 6.07) is 0.